The molecule has 0 aliphatic heterocycles. The van der Waals surface area contributed by atoms with E-state index >= 15 is 0 Å². The van der Waals surface area contributed by atoms with Crippen molar-refractivity contribution in [3.63, 3.8) is 0 Å². The van der Waals surface area contributed by atoms with Gasteiger partial charge in [-0.25, -0.2) is 4.98 Å². The van der Waals surface area contributed by atoms with Crippen LogP contribution in [0.25, 0.3) is 0 Å². The number of ether oxygens (including phenoxy) is 1. The Labute approximate surface area is 71.8 Å². The molecule has 2 rings (SSSR count). The van der Waals surface area contributed by atoms with E-state index in [4.69, 9.17) is 4.74 Å². The maximum Gasteiger partial charge on any atom is 0.137 e. The first-order chi connectivity index (χ1) is 5.88. The minimum absolute atomic E-state index is 0.658. The second-order valence-corrected chi connectivity index (χ2v) is 3.00. The van der Waals surface area contributed by atoms with Gasteiger partial charge in [0.15, 0.2) is 0 Å². The first-order valence-electron chi connectivity index (χ1n) is 4.15. The molecule has 0 unspecified atom stereocenters. The Balaban J connectivity index is 2.02. The van der Waals surface area contributed by atoms with Crippen molar-refractivity contribution in [2.75, 3.05) is 12.4 Å². The molecule has 1 fully saturated rings. The number of nitrogens with one attached hydrogen (secondary N) is 1. The van der Waals surface area contributed by atoms with Crippen LogP contribution in [0.5, 0.6) is 5.75 Å². The first kappa shape index (κ1) is 7.40. The van der Waals surface area contributed by atoms with E-state index in [-0.39, 0.29) is 0 Å². The molecule has 0 radical (unpaired) electrons. The van der Waals surface area contributed by atoms with Crippen molar-refractivity contribution in [1.82, 2.24) is 4.98 Å². The number of pyridine rings is 1. The van der Waals surface area contributed by atoms with Gasteiger partial charge in [-0.3, -0.25) is 0 Å². The predicted molar refractivity (Wildman–Crippen MR) is 47.4 cm³/mol. The largest absolute Gasteiger partial charge is 0.495 e. The third kappa shape index (κ3) is 1.67. The molecule has 0 atom stereocenters. The second kappa shape index (κ2) is 3.01. The van der Waals surface area contributed by atoms with Gasteiger partial charge in [0.1, 0.15) is 11.6 Å². The van der Waals surface area contributed by atoms with Crippen LogP contribution in [0, 0.1) is 0 Å². The topological polar surface area (TPSA) is 34.1 Å². The van der Waals surface area contributed by atoms with Crippen LogP contribution in [0.3, 0.4) is 0 Å². The Hall–Kier alpha value is -1.25. The molecule has 64 valence electrons. The van der Waals surface area contributed by atoms with Gasteiger partial charge in [-0.05, 0) is 25.0 Å². The van der Waals surface area contributed by atoms with Crippen molar-refractivity contribution in [3.05, 3.63) is 18.3 Å². The molecule has 0 saturated heterocycles. The van der Waals surface area contributed by atoms with Crippen molar-refractivity contribution in [2.45, 2.75) is 18.9 Å². The van der Waals surface area contributed by atoms with Crippen LogP contribution in [-0.4, -0.2) is 18.1 Å². The Morgan fingerprint density at radius 3 is 2.83 bits per heavy atom. The molecular formula is C9H12N2O. The predicted octanol–water partition coefficient (Wildman–Crippen LogP) is 1.66. The van der Waals surface area contributed by atoms with Gasteiger partial charge in [-0.15, -0.1) is 0 Å². The Bertz CT molecular complexity index is 254. The minimum atomic E-state index is 0.658. The van der Waals surface area contributed by atoms with Crippen LogP contribution >= 0.6 is 0 Å². The molecule has 3 heteroatoms. The summed E-state index contributed by atoms with van der Waals surface area (Å²) >= 11 is 0. The van der Waals surface area contributed by atoms with Gasteiger partial charge in [0.05, 0.1) is 13.3 Å². The van der Waals surface area contributed by atoms with Crippen LogP contribution < -0.4 is 10.1 Å². The number of hydrogen-bond acceptors (Lipinski definition) is 3. The molecule has 12 heavy (non-hydrogen) atoms. The van der Waals surface area contributed by atoms with Gasteiger partial charge < -0.3 is 10.1 Å². The molecular weight excluding hydrogens is 152 g/mol. The molecule has 1 N–H and O–H groups in total. The standard InChI is InChI=1S/C9H12N2O/c1-12-8-4-5-9(10-6-8)11-7-2-3-7/h4-7H,2-3H2,1H3,(H,10,11). The highest BCUT2D eigenvalue weighted by molar-refractivity contribution is 5.39. The Morgan fingerprint density at radius 1 is 1.50 bits per heavy atom. The van der Waals surface area contributed by atoms with Gasteiger partial charge in [-0.2, -0.15) is 0 Å². The molecule has 0 amide bonds. The van der Waals surface area contributed by atoms with E-state index in [1.807, 2.05) is 12.1 Å². The number of hydrogen-bond donors (Lipinski definition) is 1. The zero-order valence-electron chi connectivity index (χ0n) is 7.08. The van der Waals surface area contributed by atoms with E-state index in [2.05, 4.69) is 10.3 Å². The number of aromatic nitrogens is 1. The van der Waals surface area contributed by atoms with E-state index in [9.17, 15) is 0 Å². The van der Waals surface area contributed by atoms with E-state index in [1.165, 1.54) is 12.8 Å². The fraction of sp³-hybridized carbons (Fsp3) is 0.444. The third-order valence-electron chi connectivity index (χ3n) is 1.90. The second-order valence-electron chi connectivity index (χ2n) is 3.00. The van der Waals surface area contributed by atoms with Gasteiger partial charge >= 0.3 is 0 Å². The van der Waals surface area contributed by atoms with Crippen molar-refractivity contribution in [1.29, 1.82) is 0 Å². The van der Waals surface area contributed by atoms with Crippen molar-refractivity contribution >= 4 is 5.82 Å². The van der Waals surface area contributed by atoms with Crippen molar-refractivity contribution in [2.24, 2.45) is 0 Å². The van der Waals surface area contributed by atoms with Crippen LogP contribution in [0.15, 0.2) is 18.3 Å². The fourth-order valence-corrected chi connectivity index (χ4v) is 1.02. The zero-order valence-corrected chi connectivity index (χ0v) is 7.08. The smallest absolute Gasteiger partial charge is 0.137 e. The van der Waals surface area contributed by atoms with Crippen molar-refractivity contribution in [3.8, 4) is 5.75 Å². The van der Waals surface area contributed by atoms with Crippen LogP contribution in [0.4, 0.5) is 5.82 Å². The summed E-state index contributed by atoms with van der Waals surface area (Å²) in [6, 6.07) is 4.51. The van der Waals surface area contributed by atoms with Crippen LogP contribution in [0.1, 0.15) is 12.8 Å². The molecule has 3 nitrogen and oxygen atoms in total. The van der Waals surface area contributed by atoms with Gasteiger partial charge in [-0.1, -0.05) is 0 Å². The fourth-order valence-electron chi connectivity index (χ4n) is 1.02. The number of nitrogens with zero attached hydrogens (tertiary/aromatic N) is 1. The Morgan fingerprint density at radius 2 is 2.33 bits per heavy atom. The molecule has 1 aromatic rings. The average molecular weight is 164 g/mol. The highest BCUT2D eigenvalue weighted by atomic mass is 16.5. The zero-order chi connectivity index (χ0) is 8.39. The average Bonchev–Trinajstić information content (AvgIpc) is 2.90. The summed E-state index contributed by atoms with van der Waals surface area (Å²) in [4.78, 5) is 4.19. The van der Waals surface area contributed by atoms with Gasteiger partial charge in [0, 0.05) is 6.04 Å². The maximum absolute atomic E-state index is 5.00. The van der Waals surface area contributed by atoms with E-state index in [0.717, 1.165) is 11.6 Å². The summed E-state index contributed by atoms with van der Waals surface area (Å²) in [7, 11) is 1.64. The highest BCUT2D eigenvalue weighted by Gasteiger charge is 2.20. The summed E-state index contributed by atoms with van der Waals surface area (Å²) < 4.78 is 5.00. The SMILES string of the molecule is COc1ccc(NC2CC2)nc1. The lowest BCUT2D eigenvalue weighted by molar-refractivity contribution is 0.413. The highest BCUT2D eigenvalue weighted by Crippen LogP contribution is 2.24. The number of rotatable bonds is 3. The number of methoxy groups -OCH3 is 1. The summed E-state index contributed by atoms with van der Waals surface area (Å²) in [5, 5.41) is 3.30. The van der Waals surface area contributed by atoms with Crippen LogP contribution in [0.2, 0.25) is 0 Å². The lowest BCUT2D eigenvalue weighted by atomic mass is 10.4. The molecule has 0 bridgehead atoms. The maximum atomic E-state index is 5.00. The van der Waals surface area contributed by atoms with E-state index in [0.29, 0.717) is 6.04 Å². The van der Waals surface area contributed by atoms with E-state index in [1.54, 1.807) is 13.3 Å². The summed E-state index contributed by atoms with van der Waals surface area (Å²) in [6.07, 6.45) is 4.27. The molecule has 0 aromatic carbocycles. The Kier molecular flexibility index (Phi) is 1.86. The monoisotopic (exact) mass is 164 g/mol. The lowest BCUT2D eigenvalue weighted by Crippen LogP contribution is -2.02. The molecule has 1 saturated carbocycles. The molecule has 1 aliphatic rings. The third-order valence-corrected chi connectivity index (χ3v) is 1.90. The molecule has 1 aliphatic carbocycles. The lowest BCUT2D eigenvalue weighted by Gasteiger charge is -2.03. The summed E-state index contributed by atoms with van der Waals surface area (Å²) in [6.45, 7) is 0. The summed E-state index contributed by atoms with van der Waals surface area (Å²) in [5.74, 6) is 1.75. The van der Waals surface area contributed by atoms with Gasteiger partial charge in [0.2, 0.25) is 0 Å². The molecule has 1 heterocycles. The minimum Gasteiger partial charge on any atom is -0.495 e. The quantitative estimate of drug-likeness (QED) is 0.737. The van der Waals surface area contributed by atoms with Crippen molar-refractivity contribution < 1.29 is 4.74 Å². The normalized spacial score (nSPS) is 15.8. The first-order valence-corrected chi connectivity index (χ1v) is 4.15. The van der Waals surface area contributed by atoms with Gasteiger partial charge in [0.25, 0.3) is 0 Å². The molecule has 0 spiro atoms. The summed E-state index contributed by atoms with van der Waals surface area (Å²) in [5.41, 5.74) is 0. The van der Waals surface area contributed by atoms with E-state index < -0.39 is 0 Å². The number of anilines is 1. The molecule has 1 aromatic heterocycles. The van der Waals surface area contributed by atoms with Crippen LogP contribution in [-0.2, 0) is 0 Å².